The molecule has 0 bridgehead atoms. The maximum atomic E-state index is 11.0. The van der Waals surface area contributed by atoms with E-state index < -0.39 is 11.9 Å². The van der Waals surface area contributed by atoms with Crippen LogP contribution < -0.4 is 0 Å². The molecule has 0 saturated carbocycles. The highest BCUT2D eigenvalue weighted by atomic mass is 16.5. The second-order valence-electron chi connectivity index (χ2n) is 6.41. The number of carbonyl (C=O) groups is 4. The first kappa shape index (κ1) is 24.9. The van der Waals surface area contributed by atoms with Crippen molar-refractivity contribution in [1.29, 1.82) is 0 Å². The standard InChI is InChI=1S/C10H16O4.C9H16O4/c11-9-5-1-2-6-10(12)14-8-4-3-7-13-9;10-8(11)6-4-2-1-3-5-7-9(12)13/h1-8H2;1-7H2,(H,10,11)(H,12,13). The molecule has 1 fully saturated rings. The zero-order chi connectivity index (χ0) is 20.3. The lowest BCUT2D eigenvalue weighted by molar-refractivity contribution is -0.147. The van der Waals surface area contributed by atoms with E-state index >= 15 is 0 Å². The van der Waals surface area contributed by atoms with Crippen molar-refractivity contribution >= 4 is 23.9 Å². The molecule has 2 N–H and O–H groups in total. The first-order chi connectivity index (χ1) is 12.9. The summed E-state index contributed by atoms with van der Waals surface area (Å²) in [6.45, 7) is 0.882. The van der Waals surface area contributed by atoms with Crippen molar-refractivity contribution < 1.29 is 38.9 Å². The van der Waals surface area contributed by atoms with Crippen LogP contribution in [0.15, 0.2) is 0 Å². The van der Waals surface area contributed by atoms with Gasteiger partial charge in [0.2, 0.25) is 0 Å². The third-order valence-electron chi connectivity index (χ3n) is 3.86. The number of ether oxygens (including phenoxy) is 2. The van der Waals surface area contributed by atoms with Crippen LogP contribution in [0.25, 0.3) is 0 Å². The Labute approximate surface area is 160 Å². The summed E-state index contributed by atoms with van der Waals surface area (Å²) in [5, 5.41) is 16.6. The molecule has 1 rings (SSSR count). The summed E-state index contributed by atoms with van der Waals surface area (Å²) in [4.78, 5) is 42.3. The van der Waals surface area contributed by atoms with Gasteiger partial charge in [0.25, 0.3) is 0 Å². The summed E-state index contributed by atoms with van der Waals surface area (Å²) in [6, 6.07) is 0. The second-order valence-corrected chi connectivity index (χ2v) is 6.41. The number of hydrogen-bond donors (Lipinski definition) is 2. The lowest BCUT2D eigenvalue weighted by atomic mass is 10.1. The summed E-state index contributed by atoms with van der Waals surface area (Å²) >= 11 is 0. The zero-order valence-corrected chi connectivity index (χ0v) is 16.0. The van der Waals surface area contributed by atoms with Crippen LogP contribution in [0.5, 0.6) is 0 Å². The molecule has 0 aromatic carbocycles. The summed E-state index contributed by atoms with van der Waals surface area (Å²) in [5.74, 6) is -1.83. The number of aliphatic carboxylic acids is 2. The fourth-order valence-corrected chi connectivity index (χ4v) is 2.34. The van der Waals surface area contributed by atoms with E-state index in [9.17, 15) is 19.2 Å². The van der Waals surface area contributed by atoms with Crippen LogP contribution in [0.2, 0.25) is 0 Å². The minimum atomic E-state index is -0.759. The van der Waals surface area contributed by atoms with E-state index in [2.05, 4.69) is 0 Å². The molecule has 0 aliphatic carbocycles. The molecule has 0 radical (unpaired) electrons. The van der Waals surface area contributed by atoms with Gasteiger partial charge < -0.3 is 19.7 Å². The molecule has 0 atom stereocenters. The Morgan fingerprint density at radius 1 is 0.667 bits per heavy atom. The molecule has 0 spiro atoms. The maximum Gasteiger partial charge on any atom is 0.305 e. The van der Waals surface area contributed by atoms with Crippen LogP contribution in [0, 0.1) is 0 Å². The molecule has 27 heavy (non-hydrogen) atoms. The number of carboxylic acids is 2. The van der Waals surface area contributed by atoms with Gasteiger partial charge in [0.15, 0.2) is 0 Å². The van der Waals surface area contributed by atoms with E-state index in [0.717, 1.165) is 32.1 Å². The van der Waals surface area contributed by atoms with Gasteiger partial charge in [0.1, 0.15) is 0 Å². The van der Waals surface area contributed by atoms with Gasteiger partial charge in [0.05, 0.1) is 13.2 Å². The molecule has 1 aliphatic heterocycles. The highest BCUT2D eigenvalue weighted by Gasteiger charge is 2.07. The average molecular weight is 388 g/mol. The maximum absolute atomic E-state index is 11.0. The Morgan fingerprint density at radius 2 is 1.04 bits per heavy atom. The Balaban J connectivity index is 0.000000503. The lowest BCUT2D eigenvalue weighted by Gasteiger charge is -2.08. The van der Waals surface area contributed by atoms with E-state index in [4.69, 9.17) is 19.7 Å². The molecule has 1 saturated heterocycles. The van der Waals surface area contributed by atoms with Crippen molar-refractivity contribution in [2.24, 2.45) is 0 Å². The third kappa shape index (κ3) is 20.0. The minimum absolute atomic E-state index is 0.154. The minimum Gasteiger partial charge on any atom is -0.481 e. The van der Waals surface area contributed by atoms with Gasteiger partial charge in [-0.15, -0.1) is 0 Å². The molecular formula is C19H32O8. The Morgan fingerprint density at radius 3 is 1.41 bits per heavy atom. The molecule has 0 unspecified atom stereocenters. The summed E-state index contributed by atoms with van der Waals surface area (Å²) < 4.78 is 9.92. The first-order valence-electron chi connectivity index (χ1n) is 9.66. The number of cyclic esters (lactones) is 2. The van der Waals surface area contributed by atoms with Gasteiger partial charge in [0, 0.05) is 25.7 Å². The van der Waals surface area contributed by atoms with Gasteiger partial charge in [-0.25, -0.2) is 0 Å². The smallest absolute Gasteiger partial charge is 0.305 e. The normalized spacial score (nSPS) is 15.9. The van der Waals surface area contributed by atoms with Crippen LogP contribution >= 0.6 is 0 Å². The summed E-state index contributed by atoms with van der Waals surface area (Å²) in [7, 11) is 0. The molecule has 8 nitrogen and oxygen atoms in total. The van der Waals surface area contributed by atoms with Crippen LogP contribution in [-0.2, 0) is 28.7 Å². The Bertz CT molecular complexity index is 407. The van der Waals surface area contributed by atoms with E-state index in [-0.39, 0.29) is 24.8 Å². The Kier molecular flexibility index (Phi) is 15.9. The molecule has 0 amide bonds. The van der Waals surface area contributed by atoms with Crippen LogP contribution in [0.4, 0.5) is 0 Å². The SMILES string of the molecule is O=C(O)CCCCCCCC(=O)O.O=C1CCCCC(=O)OCCCCO1. The number of carbonyl (C=O) groups excluding carboxylic acids is 2. The number of rotatable bonds is 8. The highest BCUT2D eigenvalue weighted by Crippen LogP contribution is 2.07. The predicted molar refractivity (Wildman–Crippen MR) is 97.2 cm³/mol. The van der Waals surface area contributed by atoms with Crippen molar-refractivity contribution in [3.63, 3.8) is 0 Å². The molecule has 1 aliphatic rings. The average Bonchev–Trinajstić information content (AvgIpc) is 2.60. The Hall–Kier alpha value is -2.12. The monoisotopic (exact) mass is 388 g/mol. The zero-order valence-electron chi connectivity index (χ0n) is 16.0. The number of carboxylic acid groups (broad SMARTS) is 2. The molecular weight excluding hydrogens is 356 g/mol. The van der Waals surface area contributed by atoms with Crippen molar-refractivity contribution in [1.82, 2.24) is 0 Å². The summed E-state index contributed by atoms with van der Waals surface area (Å²) in [6.07, 6.45) is 8.28. The van der Waals surface area contributed by atoms with Crippen LogP contribution in [0.3, 0.4) is 0 Å². The van der Waals surface area contributed by atoms with Gasteiger partial charge in [-0.3, -0.25) is 19.2 Å². The number of hydrogen-bond acceptors (Lipinski definition) is 6. The van der Waals surface area contributed by atoms with Gasteiger partial charge in [-0.05, 0) is 38.5 Å². The van der Waals surface area contributed by atoms with E-state index in [1.54, 1.807) is 0 Å². The van der Waals surface area contributed by atoms with Crippen molar-refractivity contribution in [2.45, 2.75) is 83.5 Å². The number of unbranched alkanes of at least 4 members (excludes halogenated alkanes) is 4. The van der Waals surface area contributed by atoms with E-state index in [1.807, 2.05) is 0 Å². The first-order valence-corrected chi connectivity index (χ1v) is 9.66. The topological polar surface area (TPSA) is 127 Å². The van der Waals surface area contributed by atoms with Crippen molar-refractivity contribution in [2.75, 3.05) is 13.2 Å². The van der Waals surface area contributed by atoms with Crippen molar-refractivity contribution in [3.05, 3.63) is 0 Å². The number of esters is 2. The van der Waals surface area contributed by atoms with E-state index in [0.29, 0.717) is 51.7 Å². The lowest BCUT2D eigenvalue weighted by Crippen LogP contribution is -2.11. The quantitative estimate of drug-likeness (QED) is 0.479. The predicted octanol–water partition coefficient (Wildman–Crippen LogP) is 3.31. The molecule has 0 aromatic rings. The largest absolute Gasteiger partial charge is 0.481 e. The fraction of sp³-hybridized carbons (Fsp3) is 0.789. The van der Waals surface area contributed by atoms with Crippen molar-refractivity contribution in [3.8, 4) is 0 Å². The molecule has 1 heterocycles. The molecule has 156 valence electrons. The van der Waals surface area contributed by atoms with E-state index in [1.165, 1.54) is 0 Å². The van der Waals surface area contributed by atoms with Gasteiger partial charge in [-0.1, -0.05) is 19.3 Å². The molecule has 8 heteroatoms. The van der Waals surface area contributed by atoms with Gasteiger partial charge >= 0.3 is 23.9 Å². The molecule has 0 aromatic heterocycles. The fourth-order valence-electron chi connectivity index (χ4n) is 2.34. The highest BCUT2D eigenvalue weighted by molar-refractivity contribution is 5.70. The van der Waals surface area contributed by atoms with Crippen LogP contribution in [-0.4, -0.2) is 47.3 Å². The van der Waals surface area contributed by atoms with Crippen LogP contribution in [0.1, 0.15) is 83.5 Å². The summed E-state index contributed by atoms with van der Waals surface area (Å²) in [5.41, 5.74) is 0. The third-order valence-corrected chi connectivity index (χ3v) is 3.86. The second kappa shape index (κ2) is 17.3. The van der Waals surface area contributed by atoms with Gasteiger partial charge in [-0.2, -0.15) is 0 Å².